The van der Waals surface area contributed by atoms with Crippen molar-refractivity contribution in [2.24, 2.45) is 11.3 Å². The molecule has 12 heavy (non-hydrogen) atoms. The summed E-state index contributed by atoms with van der Waals surface area (Å²) in [6, 6.07) is 0. The van der Waals surface area contributed by atoms with Gasteiger partial charge < -0.3 is 4.90 Å². The molecule has 72 valence electrons. The quantitative estimate of drug-likeness (QED) is 0.583. The molecule has 1 fully saturated rings. The van der Waals surface area contributed by atoms with Crippen LogP contribution in [0.1, 0.15) is 40.0 Å². The minimum atomic E-state index is 0.517. The van der Waals surface area contributed by atoms with E-state index in [1.54, 1.807) is 0 Å². The Kier molecular flexibility index (Phi) is 3.16. The van der Waals surface area contributed by atoms with E-state index < -0.39 is 0 Å². The van der Waals surface area contributed by atoms with E-state index >= 15 is 0 Å². The number of hydrogen-bond donors (Lipinski definition) is 0. The highest BCUT2D eigenvalue weighted by molar-refractivity contribution is 4.75. The number of hydrogen-bond acceptors (Lipinski definition) is 1. The predicted octanol–water partition coefficient (Wildman–Crippen LogP) is 2.76. The second-order valence-electron chi connectivity index (χ2n) is 5.54. The maximum absolute atomic E-state index is 2.47. The largest absolute Gasteiger partial charge is 0.306 e. The van der Waals surface area contributed by atoms with Crippen molar-refractivity contribution < 1.29 is 0 Å². The minimum absolute atomic E-state index is 0.517. The Labute approximate surface area is 77.1 Å². The average Bonchev–Trinajstić information content (AvgIpc) is 1.82. The van der Waals surface area contributed by atoms with Gasteiger partial charge in [0.25, 0.3) is 0 Å². The van der Waals surface area contributed by atoms with Gasteiger partial charge in [0.1, 0.15) is 0 Å². The zero-order chi connectivity index (χ0) is 9.19. The number of piperidine rings is 1. The summed E-state index contributed by atoms with van der Waals surface area (Å²) in [7, 11) is 2.24. The van der Waals surface area contributed by atoms with Crippen LogP contribution in [0.2, 0.25) is 0 Å². The molecule has 1 nitrogen and oxygen atoms in total. The fraction of sp³-hybridized carbons (Fsp3) is 1.00. The van der Waals surface area contributed by atoms with Crippen LogP contribution in [0.4, 0.5) is 0 Å². The topological polar surface area (TPSA) is 3.24 Å². The third kappa shape index (κ3) is 3.57. The van der Waals surface area contributed by atoms with Crippen LogP contribution in [-0.4, -0.2) is 25.0 Å². The van der Waals surface area contributed by atoms with Crippen molar-refractivity contribution in [1.82, 2.24) is 4.90 Å². The van der Waals surface area contributed by atoms with Crippen LogP contribution in [0.3, 0.4) is 0 Å². The van der Waals surface area contributed by atoms with Gasteiger partial charge in [0.15, 0.2) is 0 Å². The van der Waals surface area contributed by atoms with E-state index in [9.17, 15) is 0 Å². The summed E-state index contributed by atoms with van der Waals surface area (Å²) < 4.78 is 0. The Balaban J connectivity index is 2.32. The summed E-state index contributed by atoms with van der Waals surface area (Å²) in [5.41, 5.74) is 0.517. The van der Waals surface area contributed by atoms with Crippen LogP contribution in [-0.2, 0) is 0 Å². The van der Waals surface area contributed by atoms with E-state index in [-0.39, 0.29) is 0 Å². The Hall–Kier alpha value is -0.0400. The van der Waals surface area contributed by atoms with Crippen molar-refractivity contribution in [3.63, 3.8) is 0 Å². The van der Waals surface area contributed by atoms with Gasteiger partial charge >= 0.3 is 0 Å². The molecule has 0 N–H and O–H groups in total. The van der Waals surface area contributed by atoms with Crippen LogP contribution in [0, 0.1) is 11.3 Å². The number of rotatable bonds is 1. The molecule has 0 radical (unpaired) electrons. The highest BCUT2D eigenvalue weighted by Crippen LogP contribution is 2.29. The molecule has 1 heterocycles. The lowest BCUT2D eigenvalue weighted by atomic mass is 9.81. The molecule has 1 atom stereocenters. The average molecular weight is 169 g/mol. The second-order valence-corrected chi connectivity index (χ2v) is 5.54. The zero-order valence-electron chi connectivity index (χ0n) is 9.06. The van der Waals surface area contributed by atoms with Gasteiger partial charge in [-0.2, -0.15) is 0 Å². The van der Waals surface area contributed by atoms with Gasteiger partial charge in [-0.05, 0) is 44.2 Å². The highest BCUT2D eigenvalue weighted by atomic mass is 15.1. The Morgan fingerprint density at radius 3 is 2.50 bits per heavy atom. The summed E-state index contributed by atoms with van der Waals surface area (Å²) >= 11 is 0. The molecule has 1 aliphatic heterocycles. The summed E-state index contributed by atoms with van der Waals surface area (Å²) in [6.45, 7) is 9.67. The first-order chi connectivity index (χ1) is 5.47. The number of likely N-dealkylation sites (tertiary alicyclic amines) is 1. The first-order valence-corrected chi connectivity index (χ1v) is 5.16. The third-order valence-electron chi connectivity index (χ3n) is 2.62. The lowest BCUT2D eigenvalue weighted by Gasteiger charge is -2.33. The molecule has 0 aliphatic carbocycles. The Morgan fingerprint density at radius 2 is 2.00 bits per heavy atom. The summed E-state index contributed by atoms with van der Waals surface area (Å²) in [4.78, 5) is 2.47. The fourth-order valence-electron chi connectivity index (χ4n) is 2.31. The molecule has 1 saturated heterocycles. The van der Waals surface area contributed by atoms with Gasteiger partial charge in [0, 0.05) is 6.54 Å². The van der Waals surface area contributed by atoms with Crippen LogP contribution < -0.4 is 0 Å². The highest BCUT2D eigenvalue weighted by Gasteiger charge is 2.22. The Morgan fingerprint density at radius 1 is 1.33 bits per heavy atom. The van der Waals surface area contributed by atoms with Gasteiger partial charge in [-0.1, -0.05) is 20.8 Å². The standard InChI is InChI=1S/C11H23N/c1-11(2,3)8-10-6-5-7-12(4)9-10/h10H,5-9H2,1-4H3. The maximum atomic E-state index is 2.47. The lowest BCUT2D eigenvalue weighted by molar-refractivity contribution is 0.165. The van der Waals surface area contributed by atoms with Crippen molar-refractivity contribution in [3.8, 4) is 0 Å². The first kappa shape index (κ1) is 10.0. The SMILES string of the molecule is CN1CCCC(CC(C)(C)C)C1. The predicted molar refractivity (Wildman–Crippen MR) is 54.3 cm³/mol. The van der Waals surface area contributed by atoms with Crippen molar-refractivity contribution in [3.05, 3.63) is 0 Å². The van der Waals surface area contributed by atoms with E-state index in [1.807, 2.05) is 0 Å². The molecule has 1 aliphatic rings. The molecule has 0 aromatic carbocycles. The normalized spacial score (nSPS) is 27.5. The molecule has 0 aromatic heterocycles. The molecular formula is C11H23N. The molecule has 1 unspecified atom stereocenters. The zero-order valence-corrected chi connectivity index (χ0v) is 9.06. The monoisotopic (exact) mass is 169 g/mol. The summed E-state index contributed by atoms with van der Waals surface area (Å²) in [5, 5.41) is 0. The van der Waals surface area contributed by atoms with Gasteiger partial charge in [-0.25, -0.2) is 0 Å². The lowest BCUT2D eigenvalue weighted by Crippen LogP contribution is -2.33. The van der Waals surface area contributed by atoms with Gasteiger partial charge in [0.2, 0.25) is 0 Å². The first-order valence-electron chi connectivity index (χ1n) is 5.16. The molecule has 0 saturated carbocycles. The van der Waals surface area contributed by atoms with E-state index in [4.69, 9.17) is 0 Å². The molecule has 0 aromatic rings. The fourth-order valence-corrected chi connectivity index (χ4v) is 2.31. The van der Waals surface area contributed by atoms with Crippen LogP contribution in [0.5, 0.6) is 0 Å². The summed E-state index contributed by atoms with van der Waals surface area (Å²) in [5.74, 6) is 0.948. The smallest absolute Gasteiger partial charge is 0.000681 e. The molecule has 0 amide bonds. The van der Waals surface area contributed by atoms with E-state index in [0.717, 1.165) is 5.92 Å². The molecular weight excluding hydrogens is 146 g/mol. The van der Waals surface area contributed by atoms with Crippen molar-refractivity contribution in [2.45, 2.75) is 40.0 Å². The number of nitrogens with zero attached hydrogens (tertiary/aromatic N) is 1. The van der Waals surface area contributed by atoms with E-state index in [2.05, 4.69) is 32.7 Å². The van der Waals surface area contributed by atoms with Gasteiger partial charge in [-0.15, -0.1) is 0 Å². The van der Waals surface area contributed by atoms with Gasteiger partial charge in [0.05, 0.1) is 0 Å². The molecule has 0 spiro atoms. The molecule has 1 heteroatoms. The van der Waals surface area contributed by atoms with Crippen LogP contribution in [0.15, 0.2) is 0 Å². The van der Waals surface area contributed by atoms with E-state index in [1.165, 1.54) is 32.4 Å². The van der Waals surface area contributed by atoms with Crippen molar-refractivity contribution >= 4 is 0 Å². The van der Waals surface area contributed by atoms with E-state index in [0.29, 0.717) is 5.41 Å². The second kappa shape index (κ2) is 3.78. The van der Waals surface area contributed by atoms with Crippen molar-refractivity contribution in [2.75, 3.05) is 20.1 Å². The minimum Gasteiger partial charge on any atom is -0.306 e. The maximum Gasteiger partial charge on any atom is 0.000681 e. The molecule has 0 bridgehead atoms. The summed E-state index contributed by atoms with van der Waals surface area (Å²) in [6.07, 6.45) is 4.23. The molecule has 1 rings (SSSR count). The van der Waals surface area contributed by atoms with Gasteiger partial charge in [-0.3, -0.25) is 0 Å². The van der Waals surface area contributed by atoms with Crippen LogP contribution in [0.25, 0.3) is 0 Å². The Bertz CT molecular complexity index is 134. The van der Waals surface area contributed by atoms with Crippen molar-refractivity contribution in [1.29, 1.82) is 0 Å². The van der Waals surface area contributed by atoms with Crippen LogP contribution >= 0.6 is 0 Å². The third-order valence-corrected chi connectivity index (χ3v) is 2.62.